The molecule has 0 aliphatic carbocycles. The van der Waals surface area contributed by atoms with Crippen molar-refractivity contribution in [1.29, 1.82) is 0 Å². The van der Waals surface area contributed by atoms with E-state index in [1.54, 1.807) is 6.92 Å². The van der Waals surface area contributed by atoms with Gasteiger partial charge in [-0.2, -0.15) is 0 Å². The van der Waals surface area contributed by atoms with E-state index in [4.69, 9.17) is 56.4 Å². The molecule has 0 spiro atoms. The molecule has 30 nitrogen and oxygen atoms in total. The fourth-order valence-corrected chi connectivity index (χ4v) is 16.3. The third-order valence-electron chi connectivity index (χ3n) is 21.9. The summed E-state index contributed by atoms with van der Waals surface area (Å²) >= 11 is 0. The maximum atomic E-state index is 13.3. The summed E-state index contributed by atoms with van der Waals surface area (Å²) in [4.78, 5) is 38.9. The van der Waals surface area contributed by atoms with Gasteiger partial charge >= 0.3 is 5.97 Å². The van der Waals surface area contributed by atoms with Crippen LogP contribution in [0, 0.1) is 0 Å². The predicted octanol–water partition coefficient (Wildman–Crippen LogP) is 9.96. The highest BCUT2D eigenvalue weighted by atomic mass is 31.3. The number of allylic oxidation sites excluding steroid dienone is 21. The molecule has 0 bridgehead atoms. The zero-order valence-electron chi connectivity index (χ0n) is 72.5. The molecule has 5 heterocycles. The van der Waals surface area contributed by atoms with Crippen molar-refractivity contribution in [3.63, 3.8) is 0 Å². The highest BCUT2D eigenvalue weighted by molar-refractivity contribution is 7.59. The van der Waals surface area contributed by atoms with Crippen LogP contribution in [0.3, 0.4) is 0 Å². The molecule has 682 valence electrons. The number of esters is 1. The van der Waals surface area contributed by atoms with Gasteiger partial charge in [-0.25, -0.2) is 4.31 Å². The number of rotatable bonds is 49. The Balaban J connectivity index is 1.05. The first-order valence-corrected chi connectivity index (χ1v) is 45.0. The molecule has 0 aromatic carbocycles. The lowest BCUT2D eigenvalue weighted by Crippen LogP contribution is -2.68. The number of phosphoric ester groups is 2. The Morgan fingerprint density at radius 3 is 1.01 bits per heavy atom. The van der Waals surface area contributed by atoms with Crippen LogP contribution < -0.4 is 9.79 Å². The van der Waals surface area contributed by atoms with Crippen LogP contribution in [0.15, 0.2) is 128 Å². The summed E-state index contributed by atoms with van der Waals surface area (Å²) in [6.45, 7) is 25.8. The quantitative estimate of drug-likeness (QED) is 0.0153. The van der Waals surface area contributed by atoms with E-state index in [1.807, 2.05) is 6.92 Å². The van der Waals surface area contributed by atoms with E-state index in [2.05, 4.69) is 134 Å². The van der Waals surface area contributed by atoms with Gasteiger partial charge in [-0.05, 0) is 225 Å². The van der Waals surface area contributed by atoms with Gasteiger partial charge in [0.2, 0.25) is 0 Å². The molecule has 0 saturated carbocycles. The molecule has 5 aliphatic rings. The van der Waals surface area contributed by atoms with Crippen molar-refractivity contribution >= 4 is 21.6 Å². The largest absolute Gasteiger partial charge is 0.756 e. The van der Waals surface area contributed by atoms with E-state index >= 15 is 0 Å². The maximum absolute atomic E-state index is 13.3. The van der Waals surface area contributed by atoms with Gasteiger partial charge in [-0.15, -0.1) is 0 Å². The van der Waals surface area contributed by atoms with Crippen LogP contribution in [-0.2, 0) is 74.7 Å². The van der Waals surface area contributed by atoms with Gasteiger partial charge in [-0.3, -0.25) is 18.4 Å². The summed E-state index contributed by atoms with van der Waals surface area (Å²) in [6, 6.07) is 0. The molecule has 0 aromatic heterocycles. The first kappa shape index (κ1) is 106. The highest BCUT2D eigenvalue weighted by Gasteiger charge is 2.58. The van der Waals surface area contributed by atoms with E-state index < -0.39 is 195 Å². The van der Waals surface area contributed by atoms with Gasteiger partial charge in [0.05, 0.1) is 44.7 Å². The molecule has 119 heavy (non-hydrogen) atoms. The molecule has 5 aliphatic heterocycles. The van der Waals surface area contributed by atoms with Gasteiger partial charge in [-0.1, -0.05) is 128 Å². The summed E-state index contributed by atoms with van der Waals surface area (Å²) in [5.41, 5.74) is 14.8. The SMILES string of the molecule is CC(=O)O[C@H]1[C@H](O[C@@H]2[C@@H](O[C@@H]3[C@@H](O[C@H]4[C@@H](O)[C@@H](CO)O[C@H](OP(=O)([O-])OP(=O)([O-])OC/C=C(/C)CC/C=C(/C)CC/C=C(/C)CC/C=C(/C)CC/C=C(/C)CC/C=C(/C)CC/C=C(/C)CC/C=C(/C)CC/C=C(\C)CC/C=C(\C)CCC=C(C)C)[C@@H]4O)O[C@H](CO)[C@@H](O)[C@@H]3O)O[C@H](CO)[C@@H](O)[C@@H]2O)O[C@@H](C)[C@H](O)[C@H]1O[C@H]1O[C@H](C)[C@H](O)C[C@H]1O. The number of carbonyl (C=O) groups is 1. The monoisotopic (exact) mass is 1730 g/mol. The number of carbonyl (C=O) groups excluding carboxylic acids is 1. The Labute approximate surface area is 704 Å². The minimum absolute atomic E-state index is 0.226. The maximum Gasteiger partial charge on any atom is 0.303 e. The Hall–Kier alpha value is -3.97. The Morgan fingerprint density at radius 1 is 0.345 bits per heavy atom. The number of ether oxygens (including phenoxy) is 10. The summed E-state index contributed by atoms with van der Waals surface area (Å²) < 4.78 is 98.2. The van der Waals surface area contributed by atoms with Crippen LogP contribution in [-0.4, -0.2) is 241 Å². The third-order valence-corrected chi connectivity index (χ3v) is 24.4. The smallest absolute Gasteiger partial charge is 0.303 e. The van der Waals surface area contributed by atoms with E-state index in [0.717, 1.165) is 122 Å². The lowest BCUT2D eigenvalue weighted by molar-refractivity contribution is -0.405. The fourth-order valence-electron chi connectivity index (χ4n) is 14.3. The molecular formula is C87H142O30P2-2. The molecule has 5 rings (SSSR count). The van der Waals surface area contributed by atoms with Crippen LogP contribution >= 0.6 is 15.6 Å². The van der Waals surface area contributed by atoms with Gasteiger partial charge in [0.15, 0.2) is 37.6 Å². The highest BCUT2D eigenvalue weighted by Crippen LogP contribution is 2.57. The second-order valence-corrected chi connectivity index (χ2v) is 35.8. The molecule has 5 saturated heterocycles. The van der Waals surface area contributed by atoms with E-state index in [9.17, 15) is 85.0 Å². The third kappa shape index (κ3) is 37.2. The normalized spacial score (nSPS) is 33.3. The number of hydrogen-bond donors (Lipinski definition) is 12. The number of aliphatic hydroxyl groups is 12. The lowest BCUT2D eigenvalue weighted by Gasteiger charge is -2.50. The van der Waals surface area contributed by atoms with E-state index in [1.165, 1.54) is 75.7 Å². The standard InChI is InChI=1S/C87H144O30P2/c1-52(2)26-16-27-53(3)28-17-29-54(4)30-18-31-55(5)32-19-33-56(6)34-20-35-57(7)36-21-37-58(8)38-22-39-59(9)40-23-41-60(10)42-24-43-61(11)44-25-45-62(12)46-47-105-118(101,102)117-119(103,104)116-84-77(100)78(74(97)70(51-90)109-84)112-85-80(75(98)72(95)68(49-88)110-85)114-86-81(76(99)73(96)69(50-89)111-86)115-87-82(108-65(15)91)79(71(94)64(14)107-87)113-83-67(93)48-66(92)63(13)106-83/h26,28,30,32,34,36,38,40,42,44,46,63-64,66-90,92-100H,16-25,27,29,31,33,35,37,39,41,43,45,47-51H2,1-15H3,(H,101,102)(H,103,104)/p-2/b53-28+,54-30+,55-32-,56-34-,57-36-,58-38-,59-40-,60-42-,61-44-,62-46-/t63-,64+,66-,67-,68-,69-,70-,71+,72-,73-,74+,75+,76+,77-,78+,79-,80+,81+,82-,83-,84-,85-,86-,87+/m1/s1. The summed E-state index contributed by atoms with van der Waals surface area (Å²) in [6.07, 6.45) is -0.941. The van der Waals surface area contributed by atoms with Crippen LogP contribution in [0.1, 0.15) is 239 Å². The molecule has 12 N–H and O–H groups in total. The van der Waals surface area contributed by atoms with E-state index in [0.29, 0.717) is 18.4 Å². The second-order valence-electron chi connectivity index (χ2n) is 32.9. The predicted molar refractivity (Wildman–Crippen MR) is 442 cm³/mol. The molecule has 32 heteroatoms. The van der Waals surface area contributed by atoms with Crippen LogP contribution in [0.25, 0.3) is 0 Å². The van der Waals surface area contributed by atoms with Gasteiger partial charge in [0.1, 0.15) is 91.6 Å². The molecule has 0 aromatic rings. The average molecular weight is 1730 g/mol. The summed E-state index contributed by atoms with van der Waals surface area (Å²) in [5, 5.41) is 132. The second kappa shape index (κ2) is 53.5. The van der Waals surface area contributed by atoms with Crippen molar-refractivity contribution in [3.8, 4) is 0 Å². The van der Waals surface area contributed by atoms with Crippen molar-refractivity contribution in [1.82, 2.24) is 0 Å². The topological polar surface area (TPSA) is 460 Å². The Kier molecular flexibility index (Phi) is 47.5. The first-order valence-electron chi connectivity index (χ1n) is 42.0. The zero-order chi connectivity index (χ0) is 88.4. The number of phosphoric acid groups is 2. The fraction of sp³-hybridized carbons (Fsp3) is 0.736. The Bertz CT molecular complexity index is 3520. The first-order chi connectivity index (χ1) is 56.2. The Morgan fingerprint density at radius 2 is 0.655 bits per heavy atom. The van der Waals surface area contributed by atoms with Crippen molar-refractivity contribution in [2.75, 3.05) is 26.4 Å². The van der Waals surface area contributed by atoms with E-state index in [-0.39, 0.29) is 6.42 Å². The summed E-state index contributed by atoms with van der Waals surface area (Å²) in [7, 11) is -12.0. The van der Waals surface area contributed by atoms with Crippen LogP contribution in [0.2, 0.25) is 0 Å². The average Bonchev–Trinajstić information content (AvgIpc) is 0.771. The van der Waals surface area contributed by atoms with Crippen molar-refractivity contribution in [2.24, 2.45) is 0 Å². The minimum Gasteiger partial charge on any atom is -0.756 e. The number of aliphatic hydroxyl groups excluding tert-OH is 12. The molecular weight excluding hydrogens is 1590 g/mol. The van der Waals surface area contributed by atoms with Gasteiger partial charge < -0.3 is 123 Å². The molecule has 26 atom stereocenters. The lowest BCUT2D eigenvalue weighted by atomic mass is 9.95. The molecule has 0 radical (unpaired) electrons. The summed E-state index contributed by atoms with van der Waals surface area (Å²) in [5.74, 6) is -1.00. The van der Waals surface area contributed by atoms with Crippen LogP contribution in [0.5, 0.6) is 0 Å². The van der Waals surface area contributed by atoms with Gasteiger partial charge in [0, 0.05) is 13.3 Å². The molecule has 0 amide bonds. The molecule has 5 fully saturated rings. The van der Waals surface area contributed by atoms with Crippen molar-refractivity contribution in [2.45, 2.75) is 386 Å². The van der Waals surface area contributed by atoms with Gasteiger partial charge in [0.25, 0.3) is 15.6 Å². The molecule has 2 unspecified atom stereocenters. The zero-order valence-corrected chi connectivity index (χ0v) is 74.3. The number of hydrogen-bond acceptors (Lipinski definition) is 30. The van der Waals surface area contributed by atoms with Crippen molar-refractivity contribution in [3.05, 3.63) is 128 Å². The minimum atomic E-state index is -6.18. The van der Waals surface area contributed by atoms with Crippen molar-refractivity contribution < 1.29 is 146 Å². The van der Waals surface area contributed by atoms with Crippen LogP contribution in [0.4, 0.5) is 0 Å².